The van der Waals surface area contributed by atoms with Gasteiger partial charge < -0.3 is 9.13 Å². The average molecular weight is 611 g/mol. The van der Waals surface area contributed by atoms with Crippen molar-refractivity contribution >= 4 is 54.4 Å². The van der Waals surface area contributed by atoms with Crippen LogP contribution in [-0.2, 0) is 0 Å². The Morgan fingerprint density at radius 2 is 0.792 bits per heavy atom. The smallest absolute Gasteiger partial charge is 0.0547 e. The molecule has 2 nitrogen and oxygen atoms in total. The molecule has 0 amide bonds. The summed E-state index contributed by atoms with van der Waals surface area (Å²) in [5, 5.41) is 7.53. The van der Waals surface area contributed by atoms with Crippen molar-refractivity contribution in [2.24, 2.45) is 0 Å². The van der Waals surface area contributed by atoms with Gasteiger partial charge >= 0.3 is 0 Å². The lowest BCUT2D eigenvalue weighted by Crippen LogP contribution is -1.94. The SMILES string of the molecule is c1ccc(-c2ccc3c4cc(-c5ccc6c(c5)c5ccccc5n6-c5ccc6ccccc6c5)ccc4n(-c4ccccc4)c3c2)cc1. The fourth-order valence-corrected chi connectivity index (χ4v) is 7.61. The van der Waals surface area contributed by atoms with Gasteiger partial charge in [0.1, 0.15) is 0 Å². The predicted octanol–water partition coefficient (Wildman–Crippen LogP) is 12.4. The van der Waals surface area contributed by atoms with Gasteiger partial charge in [0.15, 0.2) is 0 Å². The average Bonchev–Trinajstić information content (AvgIpc) is 3.67. The third-order valence-corrected chi connectivity index (χ3v) is 9.88. The molecule has 0 saturated heterocycles. The van der Waals surface area contributed by atoms with Crippen molar-refractivity contribution in [1.29, 1.82) is 0 Å². The van der Waals surface area contributed by atoms with E-state index in [1.165, 1.54) is 88.0 Å². The number of nitrogens with zero attached hydrogens (tertiary/aromatic N) is 2. The van der Waals surface area contributed by atoms with Gasteiger partial charge in [-0.3, -0.25) is 0 Å². The molecule has 0 bridgehead atoms. The van der Waals surface area contributed by atoms with Gasteiger partial charge in [-0.2, -0.15) is 0 Å². The summed E-state index contributed by atoms with van der Waals surface area (Å²) in [6.07, 6.45) is 0. The van der Waals surface area contributed by atoms with Gasteiger partial charge in [-0.15, -0.1) is 0 Å². The molecule has 0 spiro atoms. The van der Waals surface area contributed by atoms with Crippen LogP contribution in [0, 0.1) is 0 Å². The summed E-state index contributed by atoms with van der Waals surface area (Å²) in [7, 11) is 0. The van der Waals surface area contributed by atoms with Crippen LogP contribution >= 0.6 is 0 Å². The van der Waals surface area contributed by atoms with Gasteiger partial charge in [0, 0.05) is 32.9 Å². The third kappa shape index (κ3) is 4.13. The first-order valence-corrected chi connectivity index (χ1v) is 16.5. The van der Waals surface area contributed by atoms with Crippen molar-refractivity contribution in [3.8, 4) is 33.6 Å². The molecule has 2 aromatic heterocycles. The molecular formula is C46H30N2. The summed E-state index contributed by atoms with van der Waals surface area (Å²) < 4.78 is 4.81. The fourth-order valence-electron chi connectivity index (χ4n) is 7.61. The molecule has 0 saturated carbocycles. The lowest BCUT2D eigenvalue weighted by Gasteiger charge is -2.10. The molecule has 0 fully saturated rings. The van der Waals surface area contributed by atoms with E-state index in [2.05, 4.69) is 191 Å². The molecule has 0 aliphatic rings. The van der Waals surface area contributed by atoms with Crippen LogP contribution in [0.1, 0.15) is 0 Å². The number of fused-ring (bicyclic) bond motifs is 7. The molecule has 2 heteroatoms. The molecule has 8 aromatic carbocycles. The van der Waals surface area contributed by atoms with Crippen molar-refractivity contribution in [1.82, 2.24) is 9.13 Å². The minimum atomic E-state index is 1.17. The number of para-hydroxylation sites is 2. The lowest BCUT2D eigenvalue weighted by atomic mass is 9.99. The van der Waals surface area contributed by atoms with Crippen LogP contribution in [0.15, 0.2) is 182 Å². The van der Waals surface area contributed by atoms with Gasteiger partial charge in [0.2, 0.25) is 0 Å². The summed E-state index contributed by atoms with van der Waals surface area (Å²) in [4.78, 5) is 0. The number of aromatic nitrogens is 2. The predicted molar refractivity (Wildman–Crippen MR) is 203 cm³/mol. The quantitative estimate of drug-likeness (QED) is 0.188. The van der Waals surface area contributed by atoms with E-state index in [0.717, 1.165) is 0 Å². The summed E-state index contributed by atoms with van der Waals surface area (Å²) in [5.41, 5.74) is 12.1. The highest BCUT2D eigenvalue weighted by Crippen LogP contribution is 2.39. The summed E-state index contributed by atoms with van der Waals surface area (Å²) in [6, 6.07) is 66.3. The largest absolute Gasteiger partial charge is 0.309 e. The van der Waals surface area contributed by atoms with Crippen LogP contribution in [0.3, 0.4) is 0 Å². The van der Waals surface area contributed by atoms with Crippen LogP contribution in [0.2, 0.25) is 0 Å². The zero-order valence-corrected chi connectivity index (χ0v) is 26.2. The number of benzene rings is 8. The monoisotopic (exact) mass is 610 g/mol. The first kappa shape index (κ1) is 26.8. The van der Waals surface area contributed by atoms with Gasteiger partial charge in [-0.1, -0.05) is 121 Å². The van der Waals surface area contributed by atoms with Crippen molar-refractivity contribution in [3.05, 3.63) is 182 Å². The highest BCUT2D eigenvalue weighted by atomic mass is 15.0. The molecule has 0 aliphatic heterocycles. The van der Waals surface area contributed by atoms with Crippen LogP contribution < -0.4 is 0 Å². The first-order valence-electron chi connectivity index (χ1n) is 16.5. The van der Waals surface area contributed by atoms with E-state index in [0.29, 0.717) is 0 Å². The molecule has 0 aliphatic carbocycles. The Morgan fingerprint density at radius 3 is 1.54 bits per heavy atom. The molecule has 224 valence electrons. The Hall–Kier alpha value is -6.38. The van der Waals surface area contributed by atoms with E-state index in [-0.39, 0.29) is 0 Å². The minimum absolute atomic E-state index is 1.17. The summed E-state index contributed by atoms with van der Waals surface area (Å²) in [6.45, 7) is 0. The maximum absolute atomic E-state index is 2.40. The van der Waals surface area contributed by atoms with Crippen molar-refractivity contribution in [2.75, 3.05) is 0 Å². The molecule has 0 atom stereocenters. The highest BCUT2D eigenvalue weighted by molar-refractivity contribution is 6.13. The third-order valence-electron chi connectivity index (χ3n) is 9.88. The van der Waals surface area contributed by atoms with Crippen LogP contribution in [0.5, 0.6) is 0 Å². The molecule has 0 N–H and O–H groups in total. The van der Waals surface area contributed by atoms with Crippen molar-refractivity contribution in [2.45, 2.75) is 0 Å². The second kappa shape index (κ2) is 10.6. The van der Waals surface area contributed by atoms with E-state index in [1.54, 1.807) is 0 Å². The second-order valence-electron chi connectivity index (χ2n) is 12.6. The van der Waals surface area contributed by atoms with Gasteiger partial charge in [-0.25, -0.2) is 0 Å². The van der Waals surface area contributed by atoms with Crippen LogP contribution in [-0.4, -0.2) is 9.13 Å². The maximum Gasteiger partial charge on any atom is 0.0547 e. The Balaban J connectivity index is 1.17. The second-order valence-corrected chi connectivity index (χ2v) is 12.6. The number of rotatable bonds is 4. The van der Waals surface area contributed by atoms with E-state index >= 15 is 0 Å². The minimum Gasteiger partial charge on any atom is -0.309 e. The van der Waals surface area contributed by atoms with E-state index < -0.39 is 0 Å². The number of hydrogen-bond donors (Lipinski definition) is 0. The Bertz CT molecular complexity index is 2820. The molecule has 10 aromatic rings. The zero-order valence-electron chi connectivity index (χ0n) is 26.2. The molecule has 2 heterocycles. The summed E-state index contributed by atoms with van der Waals surface area (Å²) >= 11 is 0. The molecule has 10 rings (SSSR count). The molecule has 0 radical (unpaired) electrons. The lowest BCUT2D eigenvalue weighted by molar-refractivity contribution is 1.18. The molecule has 0 unspecified atom stereocenters. The molecule has 48 heavy (non-hydrogen) atoms. The summed E-state index contributed by atoms with van der Waals surface area (Å²) in [5.74, 6) is 0. The Labute approximate surface area is 278 Å². The number of hydrogen-bond acceptors (Lipinski definition) is 0. The van der Waals surface area contributed by atoms with Crippen LogP contribution in [0.25, 0.3) is 88.0 Å². The van der Waals surface area contributed by atoms with E-state index in [9.17, 15) is 0 Å². The van der Waals surface area contributed by atoms with Gasteiger partial charge in [0.25, 0.3) is 0 Å². The van der Waals surface area contributed by atoms with Gasteiger partial charge in [0.05, 0.1) is 22.1 Å². The standard InChI is InChI=1S/C46H30N2/c1-3-11-31(12-4-1)36-20-24-40-42-29-35(21-25-44(42)47(46(40)30-36)37-15-5-2-6-16-37)34-22-26-45-41(28-34)39-17-9-10-18-43(39)48(45)38-23-19-32-13-7-8-14-33(32)27-38/h1-30H. The first-order chi connectivity index (χ1) is 23.8. The van der Waals surface area contributed by atoms with Gasteiger partial charge in [-0.05, 0) is 93.7 Å². The van der Waals surface area contributed by atoms with E-state index in [1.807, 2.05) is 0 Å². The normalized spacial score (nSPS) is 11.8. The highest BCUT2D eigenvalue weighted by Gasteiger charge is 2.17. The van der Waals surface area contributed by atoms with Crippen molar-refractivity contribution in [3.63, 3.8) is 0 Å². The Kier molecular flexibility index (Phi) is 5.91. The fraction of sp³-hybridized carbons (Fsp3) is 0. The topological polar surface area (TPSA) is 9.86 Å². The van der Waals surface area contributed by atoms with Crippen LogP contribution in [0.4, 0.5) is 0 Å². The zero-order chi connectivity index (χ0) is 31.6. The maximum atomic E-state index is 2.40. The Morgan fingerprint density at radius 1 is 0.250 bits per heavy atom. The van der Waals surface area contributed by atoms with E-state index in [4.69, 9.17) is 0 Å². The molecular weight excluding hydrogens is 581 g/mol. The van der Waals surface area contributed by atoms with Crippen molar-refractivity contribution < 1.29 is 0 Å².